The van der Waals surface area contributed by atoms with Crippen molar-refractivity contribution in [2.24, 2.45) is 18.4 Å². The Labute approximate surface area is 128 Å². The van der Waals surface area contributed by atoms with E-state index in [0.717, 1.165) is 5.92 Å². The second-order valence-electron chi connectivity index (χ2n) is 7.60. The van der Waals surface area contributed by atoms with Crippen LogP contribution in [0.5, 0.6) is 0 Å². The Morgan fingerprint density at radius 1 is 1.05 bits per heavy atom. The van der Waals surface area contributed by atoms with E-state index in [1.807, 2.05) is 0 Å². The van der Waals surface area contributed by atoms with E-state index < -0.39 is 0 Å². The molecule has 0 aliphatic heterocycles. The van der Waals surface area contributed by atoms with Gasteiger partial charge in [0.15, 0.2) is 6.20 Å². The van der Waals surface area contributed by atoms with Crippen LogP contribution >= 0.6 is 0 Å². The first kappa shape index (κ1) is 14.3. The molecule has 0 radical (unpaired) electrons. The van der Waals surface area contributed by atoms with Crippen LogP contribution in [-0.2, 0) is 19.9 Å². The van der Waals surface area contributed by atoms with Crippen molar-refractivity contribution in [3.05, 3.63) is 53.2 Å². The molecule has 1 heterocycles. The molecule has 0 fully saturated rings. The first-order chi connectivity index (χ1) is 9.86. The minimum atomic E-state index is 0.393. The van der Waals surface area contributed by atoms with Crippen molar-refractivity contribution < 1.29 is 4.57 Å². The number of rotatable bonds is 1. The highest BCUT2D eigenvalue weighted by Gasteiger charge is 2.31. The first-order valence-corrected chi connectivity index (χ1v) is 7.93. The van der Waals surface area contributed by atoms with Crippen molar-refractivity contribution in [2.45, 2.75) is 40.5 Å². The maximum Gasteiger partial charge on any atom is 0.212 e. The number of pyridine rings is 1. The molecule has 1 nitrogen and oxygen atoms in total. The molecule has 2 aromatic rings. The Hall–Kier alpha value is -1.63. The molecule has 3 rings (SSSR count). The zero-order chi connectivity index (χ0) is 15.2. The molecule has 0 spiro atoms. The third-order valence-electron chi connectivity index (χ3n) is 5.03. The van der Waals surface area contributed by atoms with Gasteiger partial charge in [0.1, 0.15) is 7.05 Å². The van der Waals surface area contributed by atoms with E-state index >= 15 is 0 Å². The predicted octanol–water partition coefficient (Wildman–Crippen LogP) is 4.25. The summed E-state index contributed by atoms with van der Waals surface area (Å²) in [4.78, 5) is 0. The Kier molecular flexibility index (Phi) is 3.39. The van der Waals surface area contributed by atoms with Crippen LogP contribution in [0.15, 0.2) is 36.5 Å². The van der Waals surface area contributed by atoms with E-state index in [0.29, 0.717) is 5.41 Å². The van der Waals surface area contributed by atoms with Crippen LogP contribution in [0, 0.1) is 18.3 Å². The van der Waals surface area contributed by atoms with Crippen LogP contribution < -0.4 is 4.57 Å². The Morgan fingerprint density at radius 3 is 2.33 bits per heavy atom. The topological polar surface area (TPSA) is 3.88 Å². The smallest absolute Gasteiger partial charge is 0.201 e. The van der Waals surface area contributed by atoms with E-state index in [-0.39, 0.29) is 0 Å². The first-order valence-electron chi connectivity index (χ1n) is 7.93. The summed E-state index contributed by atoms with van der Waals surface area (Å²) in [7, 11) is 2.12. The number of aryl methyl sites for hydroxylation is 2. The molecule has 1 unspecified atom stereocenters. The van der Waals surface area contributed by atoms with E-state index in [2.05, 4.69) is 75.8 Å². The summed E-state index contributed by atoms with van der Waals surface area (Å²) in [5.41, 5.74) is 7.59. The van der Waals surface area contributed by atoms with E-state index in [1.54, 1.807) is 11.1 Å². The summed E-state index contributed by atoms with van der Waals surface area (Å²) in [5, 5.41) is 0. The summed E-state index contributed by atoms with van der Waals surface area (Å²) in [5.74, 6) is 0.770. The number of benzene rings is 1. The third-order valence-corrected chi connectivity index (χ3v) is 5.03. The van der Waals surface area contributed by atoms with Gasteiger partial charge < -0.3 is 0 Å². The fourth-order valence-electron chi connectivity index (χ4n) is 3.49. The van der Waals surface area contributed by atoms with Gasteiger partial charge in [-0.2, -0.15) is 0 Å². The average Bonchev–Trinajstić information content (AvgIpc) is 2.81. The van der Waals surface area contributed by atoms with Gasteiger partial charge in [-0.05, 0) is 59.9 Å². The summed E-state index contributed by atoms with van der Waals surface area (Å²) in [6.07, 6.45) is 4.59. The zero-order valence-electron chi connectivity index (χ0n) is 13.9. The summed E-state index contributed by atoms with van der Waals surface area (Å²) >= 11 is 0. The van der Waals surface area contributed by atoms with Gasteiger partial charge in [-0.3, -0.25) is 0 Å². The average molecular weight is 280 g/mol. The van der Waals surface area contributed by atoms with Crippen molar-refractivity contribution in [1.29, 1.82) is 0 Å². The van der Waals surface area contributed by atoms with Gasteiger partial charge in [0.25, 0.3) is 0 Å². The van der Waals surface area contributed by atoms with Gasteiger partial charge in [0, 0.05) is 17.7 Å². The van der Waals surface area contributed by atoms with Crippen LogP contribution in [0.1, 0.15) is 37.5 Å². The lowest BCUT2D eigenvalue weighted by molar-refractivity contribution is -0.660. The van der Waals surface area contributed by atoms with Crippen molar-refractivity contribution in [1.82, 2.24) is 0 Å². The second kappa shape index (κ2) is 4.98. The van der Waals surface area contributed by atoms with Gasteiger partial charge in [-0.25, -0.2) is 4.57 Å². The molecule has 0 N–H and O–H groups in total. The van der Waals surface area contributed by atoms with Gasteiger partial charge in [0.05, 0.1) is 0 Å². The predicted molar refractivity (Wildman–Crippen MR) is 88.1 cm³/mol. The number of aromatic nitrogens is 1. The minimum Gasteiger partial charge on any atom is -0.201 e. The number of hydrogen-bond acceptors (Lipinski definition) is 0. The number of hydrogen-bond donors (Lipinski definition) is 0. The molecule has 21 heavy (non-hydrogen) atoms. The summed E-state index contributed by atoms with van der Waals surface area (Å²) < 4.78 is 2.21. The quantitative estimate of drug-likeness (QED) is 0.688. The monoisotopic (exact) mass is 280 g/mol. The molecule has 1 heteroatoms. The van der Waals surface area contributed by atoms with Crippen molar-refractivity contribution >= 4 is 0 Å². The van der Waals surface area contributed by atoms with Crippen LogP contribution in [0.3, 0.4) is 0 Å². The second-order valence-corrected chi connectivity index (χ2v) is 7.60. The molecular formula is C20H26N+. The van der Waals surface area contributed by atoms with Crippen LogP contribution in [-0.4, -0.2) is 0 Å². The molecule has 1 aliphatic carbocycles. The molecule has 0 bridgehead atoms. The molecule has 0 amide bonds. The van der Waals surface area contributed by atoms with Crippen molar-refractivity contribution in [2.75, 3.05) is 0 Å². The van der Waals surface area contributed by atoms with Crippen LogP contribution in [0.4, 0.5) is 0 Å². The van der Waals surface area contributed by atoms with E-state index in [4.69, 9.17) is 0 Å². The fourth-order valence-corrected chi connectivity index (χ4v) is 3.49. The molecule has 0 saturated carbocycles. The molecule has 0 saturated heterocycles. The minimum absolute atomic E-state index is 0.393. The zero-order valence-corrected chi connectivity index (χ0v) is 13.9. The fraction of sp³-hybridized carbons (Fsp3) is 0.450. The molecule has 1 atom stereocenters. The SMILES string of the molecule is Cc1cc2c(cc1-c1cccc[n+]1C)CC(C(C)(C)C)C2. The molecule has 110 valence electrons. The van der Waals surface area contributed by atoms with E-state index in [1.165, 1.54) is 29.7 Å². The number of nitrogens with zero attached hydrogens (tertiary/aromatic N) is 1. The van der Waals surface area contributed by atoms with Gasteiger partial charge in [-0.1, -0.05) is 26.8 Å². The van der Waals surface area contributed by atoms with Crippen molar-refractivity contribution in [3.8, 4) is 11.3 Å². The largest absolute Gasteiger partial charge is 0.212 e. The highest BCUT2D eigenvalue weighted by Crippen LogP contribution is 2.40. The molecule has 1 aromatic carbocycles. The summed E-state index contributed by atoms with van der Waals surface area (Å²) in [6, 6.07) is 11.3. The standard InChI is InChI=1S/C20H26N/c1-14-10-15-11-17(20(2,3)4)12-16(15)13-18(14)19-8-6-7-9-21(19)5/h6-10,13,17H,11-12H2,1-5H3/q+1. The van der Waals surface area contributed by atoms with Gasteiger partial charge >= 0.3 is 0 Å². The van der Waals surface area contributed by atoms with Crippen molar-refractivity contribution in [3.63, 3.8) is 0 Å². The molecule has 1 aromatic heterocycles. The third kappa shape index (κ3) is 2.62. The Morgan fingerprint density at radius 2 is 1.71 bits per heavy atom. The maximum absolute atomic E-state index is 2.44. The number of fused-ring (bicyclic) bond motifs is 1. The van der Waals surface area contributed by atoms with E-state index in [9.17, 15) is 0 Å². The van der Waals surface area contributed by atoms with Crippen LogP contribution in [0.25, 0.3) is 11.3 Å². The molecule has 1 aliphatic rings. The van der Waals surface area contributed by atoms with Gasteiger partial charge in [0.2, 0.25) is 5.69 Å². The lowest BCUT2D eigenvalue weighted by Crippen LogP contribution is -2.30. The summed E-state index contributed by atoms with van der Waals surface area (Å²) in [6.45, 7) is 9.35. The van der Waals surface area contributed by atoms with Gasteiger partial charge in [-0.15, -0.1) is 0 Å². The molecular weight excluding hydrogens is 254 g/mol. The van der Waals surface area contributed by atoms with Crippen LogP contribution in [0.2, 0.25) is 0 Å². The Balaban J connectivity index is 2.04. The Bertz CT molecular complexity index is 677. The lowest BCUT2D eigenvalue weighted by atomic mass is 9.79. The normalized spacial score (nSPS) is 17.9. The highest BCUT2D eigenvalue weighted by atomic mass is 14.9. The highest BCUT2D eigenvalue weighted by molar-refractivity contribution is 5.64. The lowest BCUT2D eigenvalue weighted by Gasteiger charge is -2.26. The maximum atomic E-state index is 2.44.